The molecule has 0 spiro atoms. The fraction of sp³-hybridized carbons (Fsp3) is 0.429. The molecule has 0 aliphatic heterocycles. The third kappa shape index (κ3) is 6.01. The van der Waals surface area contributed by atoms with Crippen LogP contribution in [0.3, 0.4) is 0 Å². The maximum Gasteiger partial charge on any atom is 0.318 e. The number of halogens is 1. The average Bonchev–Trinajstić information content (AvgIpc) is 2.41. The highest BCUT2D eigenvalue weighted by Crippen LogP contribution is 2.24. The van der Waals surface area contributed by atoms with Crippen LogP contribution in [0.1, 0.15) is 25.8 Å². The fourth-order valence-corrected chi connectivity index (χ4v) is 1.86. The molecule has 116 valence electrons. The van der Waals surface area contributed by atoms with Crippen LogP contribution >= 0.6 is 11.6 Å². The van der Waals surface area contributed by atoms with Gasteiger partial charge in [0.25, 0.3) is 5.91 Å². The summed E-state index contributed by atoms with van der Waals surface area (Å²) in [5, 5.41) is 5.81. The predicted molar refractivity (Wildman–Crippen MR) is 81.3 cm³/mol. The maximum absolute atomic E-state index is 11.6. The summed E-state index contributed by atoms with van der Waals surface area (Å²) in [4.78, 5) is 22.3. The Balaban J connectivity index is 2.76. The minimum absolute atomic E-state index is 0.537. The SMILES string of the molecule is CCCNCc1cc(Cl)ccc1OC(C)C(=O)NC(N)=O. The van der Waals surface area contributed by atoms with E-state index >= 15 is 0 Å². The topological polar surface area (TPSA) is 93.4 Å². The molecular weight excluding hydrogens is 294 g/mol. The van der Waals surface area contributed by atoms with Gasteiger partial charge in [-0.1, -0.05) is 18.5 Å². The Morgan fingerprint density at radius 2 is 2.14 bits per heavy atom. The van der Waals surface area contributed by atoms with Gasteiger partial charge in [0.1, 0.15) is 5.75 Å². The van der Waals surface area contributed by atoms with Gasteiger partial charge in [-0.2, -0.15) is 0 Å². The van der Waals surface area contributed by atoms with E-state index in [0.29, 0.717) is 17.3 Å². The van der Waals surface area contributed by atoms with E-state index in [1.54, 1.807) is 18.2 Å². The molecule has 4 N–H and O–H groups in total. The van der Waals surface area contributed by atoms with Gasteiger partial charge in [-0.25, -0.2) is 4.79 Å². The number of hydrogen-bond donors (Lipinski definition) is 3. The summed E-state index contributed by atoms with van der Waals surface area (Å²) in [5.41, 5.74) is 5.74. The first-order valence-electron chi connectivity index (χ1n) is 6.70. The van der Waals surface area contributed by atoms with E-state index in [4.69, 9.17) is 22.1 Å². The van der Waals surface area contributed by atoms with Crippen molar-refractivity contribution in [2.45, 2.75) is 32.9 Å². The average molecular weight is 314 g/mol. The highest BCUT2D eigenvalue weighted by Gasteiger charge is 2.17. The van der Waals surface area contributed by atoms with Crippen LogP contribution in [0.25, 0.3) is 0 Å². The number of carbonyl (C=O) groups is 2. The Bertz CT molecular complexity index is 508. The van der Waals surface area contributed by atoms with Crippen LogP contribution in [-0.2, 0) is 11.3 Å². The summed E-state index contributed by atoms with van der Waals surface area (Å²) in [6, 6.07) is 4.24. The van der Waals surface area contributed by atoms with Crippen molar-refractivity contribution in [2.24, 2.45) is 5.73 Å². The number of nitrogens with one attached hydrogen (secondary N) is 2. The van der Waals surface area contributed by atoms with Crippen molar-refractivity contribution >= 4 is 23.5 Å². The zero-order chi connectivity index (χ0) is 15.8. The van der Waals surface area contributed by atoms with Crippen molar-refractivity contribution in [3.05, 3.63) is 28.8 Å². The fourth-order valence-electron chi connectivity index (χ4n) is 1.67. The standard InChI is InChI=1S/C14H20ClN3O3/c1-3-6-17-8-10-7-11(15)4-5-12(10)21-9(2)13(19)18-14(16)20/h4-5,7,9,17H,3,6,8H2,1-2H3,(H3,16,18,19,20). The zero-order valence-electron chi connectivity index (χ0n) is 12.1. The third-order valence-corrected chi connectivity index (χ3v) is 2.92. The molecule has 0 aromatic heterocycles. The second-order valence-electron chi connectivity index (χ2n) is 4.54. The highest BCUT2D eigenvalue weighted by atomic mass is 35.5. The van der Waals surface area contributed by atoms with Crippen LogP contribution in [-0.4, -0.2) is 24.6 Å². The lowest BCUT2D eigenvalue weighted by Crippen LogP contribution is -2.42. The quantitative estimate of drug-likeness (QED) is 0.669. The third-order valence-electron chi connectivity index (χ3n) is 2.68. The van der Waals surface area contributed by atoms with Crippen molar-refractivity contribution in [2.75, 3.05) is 6.54 Å². The predicted octanol–water partition coefficient (Wildman–Crippen LogP) is 1.80. The summed E-state index contributed by atoms with van der Waals surface area (Å²) in [6.07, 6.45) is 0.164. The minimum atomic E-state index is -0.906. The lowest BCUT2D eigenvalue weighted by atomic mass is 10.2. The van der Waals surface area contributed by atoms with Gasteiger partial charge in [0, 0.05) is 17.1 Å². The molecule has 1 rings (SSSR count). The van der Waals surface area contributed by atoms with E-state index in [0.717, 1.165) is 18.5 Å². The van der Waals surface area contributed by atoms with Gasteiger partial charge >= 0.3 is 6.03 Å². The molecule has 1 aromatic rings. The Labute approximate surface area is 129 Å². The molecule has 7 heteroatoms. The van der Waals surface area contributed by atoms with Gasteiger partial charge in [0.15, 0.2) is 6.10 Å². The number of carbonyl (C=O) groups excluding carboxylic acids is 2. The Hall–Kier alpha value is -1.79. The summed E-state index contributed by atoms with van der Waals surface area (Å²) in [5.74, 6) is -0.0555. The smallest absolute Gasteiger partial charge is 0.318 e. The van der Waals surface area contributed by atoms with Gasteiger partial charge in [-0.3, -0.25) is 10.1 Å². The number of rotatable bonds is 7. The summed E-state index contributed by atoms with van der Waals surface area (Å²) in [7, 11) is 0. The number of nitrogens with two attached hydrogens (primary N) is 1. The largest absolute Gasteiger partial charge is 0.481 e. The molecule has 0 aliphatic carbocycles. The number of benzene rings is 1. The van der Waals surface area contributed by atoms with Crippen LogP contribution in [0.15, 0.2) is 18.2 Å². The summed E-state index contributed by atoms with van der Waals surface area (Å²) in [6.45, 7) is 5.05. The number of imide groups is 1. The lowest BCUT2D eigenvalue weighted by Gasteiger charge is -2.17. The first-order valence-corrected chi connectivity index (χ1v) is 7.08. The van der Waals surface area contributed by atoms with E-state index in [1.807, 2.05) is 5.32 Å². The van der Waals surface area contributed by atoms with Crippen molar-refractivity contribution in [3.8, 4) is 5.75 Å². The van der Waals surface area contributed by atoms with Gasteiger partial charge in [-0.15, -0.1) is 0 Å². The second kappa shape index (κ2) is 8.49. The molecule has 0 bridgehead atoms. The molecule has 0 saturated heterocycles. The van der Waals surface area contributed by atoms with Gasteiger partial charge in [-0.05, 0) is 38.1 Å². The van der Waals surface area contributed by atoms with E-state index in [1.165, 1.54) is 6.92 Å². The van der Waals surface area contributed by atoms with Crippen LogP contribution in [0, 0.1) is 0 Å². The Morgan fingerprint density at radius 3 is 2.76 bits per heavy atom. The van der Waals surface area contributed by atoms with E-state index in [-0.39, 0.29) is 0 Å². The molecule has 0 fully saturated rings. The van der Waals surface area contributed by atoms with E-state index < -0.39 is 18.0 Å². The molecule has 0 saturated carbocycles. The van der Waals surface area contributed by atoms with Crippen molar-refractivity contribution in [1.82, 2.24) is 10.6 Å². The number of amides is 3. The first kappa shape index (κ1) is 17.3. The number of hydrogen-bond acceptors (Lipinski definition) is 4. The molecule has 1 aromatic carbocycles. The van der Waals surface area contributed by atoms with E-state index in [2.05, 4.69) is 12.2 Å². The molecule has 21 heavy (non-hydrogen) atoms. The molecule has 0 aliphatic rings. The monoisotopic (exact) mass is 313 g/mol. The van der Waals surface area contributed by atoms with Gasteiger partial charge < -0.3 is 15.8 Å². The van der Waals surface area contributed by atoms with Crippen molar-refractivity contribution in [3.63, 3.8) is 0 Å². The minimum Gasteiger partial charge on any atom is -0.481 e. The molecule has 0 heterocycles. The molecule has 1 unspecified atom stereocenters. The van der Waals surface area contributed by atoms with Crippen LogP contribution in [0.2, 0.25) is 5.02 Å². The van der Waals surface area contributed by atoms with Crippen molar-refractivity contribution < 1.29 is 14.3 Å². The molecule has 1 atom stereocenters. The molecular formula is C14H20ClN3O3. The van der Waals surface area contributed by atoms with Crippen LogP contribution in [0.4, 0.5) is 4.79 Å². The molecule has 0 radical (unpaired) electrons. The zero-order valence-corrected chi connectivity index (χ0v) is 12.9. The normalized spacial score (nSPS) is 11.8. The maximum atomic E-state index is 11.6. The number of ether oxygens (including phenoxy) is 1. The lowest BCUT2D eigenvalue weighted by molar-refractivity contribution is -0.126. The van der Waals surface area contributed by atoms with Gasteiger partial charge in [0.05, 0.1) is 0 Å². The Morgan fingerprint density at radius 1 is 1.43 bits per heavy atom. The highest BCUT2D eigenvalue weighted by molar-refractivity contribution is 6.30. The van der Waals surface area contributed by atoms with Crippen LogP contribution in [0.5, 0.6) is 5.75 Å². The van der Waals surface area contributed by atoms with Crippen molar-refractivity contribution in [1.29, 1.82) is 0 Å². The van der Waals surface area contributed by atoms with Gasteiger partial charge in [0.2, 0.25) is 0 Å². The molecule has 6 nitrogen and oxygen atoms in total. The number of urea groups is 1. The number of primary amides is 1. The van der Waals surface area contributed by atoms with Crippen LogP contribution < -0.4 is 21.1 Å². The molecule has 3 amide bonds. The summed E-state index contributed by atoms with van der Waals surface area (Å²) < 4.78 is 5.58. The van der Waals surface area contributed by atoms with E-state index in [9.17, 15) is 9.59 Å². The Kier molecular flexibility index (Phi) is 6.98. The second-order valence-corrected chi connectivity index (χ2v) is 4.98. The summed E-state index contributed by atoms with van der Waals surface area (Å²) >= 11 is 5.97. The first-order chi connectivity index (χ1) is 9.93.